The summed E-state index contributed by atoms with van der Waals surface area (Å²) >= 11 is 0. The maximum atomic E-state index is 6.45. The summed E-state index contributed by atoms with van der Waals surface area (Å²) in [5.41, 5.74) is 11.0. The molecule has 5 aromatic carbocycles. The van der Waals surface area contributed by atoms with Gasteiger partial charge in [-0.05, 0) is 75.4 Å². The van der Waals surface area contributed by atoms with Crippen LogP contribution in [0.2, 0.25) is 0 Å². The molecule has 0 aliphatic carbocycles. The number of fused-ring (bicyclic) bond motifs is 7. The number of aromatic nitrogens is 2. The van der Waals surface area contributed by atoms with E-state index < -0.39 is 0 Å². The Morgan fingerprint density at radius 2 is 1.48 bits per heavy atom. The molecule has 0 fully saturated rings. The maximum absolute atomic E-state index is 6.45. The van der Waals surface area contributed by atoms with Gasteiger partial charge in [0.05, 0.1) is 11.3 Å². The van der Waals surface area contributed by atoms with Gasteiger partial charge in [-0.3, -0.25) is 4.98 Å². The van der Waals surface area contributed by atoms with E-state index in [0.717, 1.165) is 44.4 Å². The van der Waals surface area contributed by atoms with Crippen molar-refractivity contribution >= 4 is 44.4 Å². The molecule has 0 atom stereocenters. The number of nitrogens with zero attached hydrogens (tertiary/aromatic N) is 4. The van der Waals surface area contributed by atoms with Gasteiger partial charge < -0.3 is 18.9 Å². The molecule has 2 aromatic heterocycles. The van der Waals surface area contributed by atoms with Crippen LogP contribution in [0.1, 0.15) is 30.5 Å². The van der Waals surface area contributed by atoms with Gasteiger partial charge in [0.25, 0.3) is 0 Å². The van der Waals surface area contributed by atoms with Gasteiger partial charge in [-0.2, -0.15) is 12.7 Å². The third-order valence-corrected chi connectivity index (χ3v) is 8.68. The van der Waals surface area contributed by atoms with Crippen molar-refractivity contribution in [1.29, 1.82) is 0 Å². The van der Waals surface area contributed by atoms with Crippen LogP contribution in [0.3, 0.4) is 0 Å². The summed E-state index contributed by atoms with van der Waals surface area (Å²) in [6.45, 7) is 13.0. The van der Waals surface area contributed by atoms with E-state index >= 15 is 0 Å². The van der Waals surface area contributed by atoms with Crippen LogP contribution in [0.25, 0.3) is 38.6 Å². The van der Waals surface area contributed by atoms with Gasteiger partial charge in [0.1, 0.15) is 0 Å². The molecule has 0 amide bonds. The Balaban J connectivity index is 0.00000338. The molecular formula is C40H33N4OPt-3. The van der Waals surface area contributed by atoms with Crippen LogP contribution in [-0.4, -0.2) is 15.4 Å². The van der Waals surface area contributed by atoms with Gasteiger partial charge in [-0.1, -0.05) is 64.9 Å². The number of imidazole rings is 1. The summed E-state index contributed by atoms with van der Waals surface area (Å²) in [5, 5.41) is 3.16. The van der Waals surface area contributed by atoms with Crippen LogP contribution >= 0.6 is 0 Å². The minimum Gasteiger partial charge on any atom is -0.503 e. The fourth-order valence-corrected chi connectivity index (χ4v) is 6.78. The number of hydrogen-bond donors (Lipinski definition) is 0. The van der Waals surface area contributed by atoms with Gasteiger partial charge in [0.15, 0.2) is 0 Å². The van der Waals surface area contributed by atoms with E-state index in [0.29, 0.717) is 17.5 Å². The SMILES string of the molecule is Cc1cc(C)c(-c2cn3c4ccccc4c4ccc(Oc5[c-]c(N6[CH-]N(C(C)C)c7ccccc76)ccc5)[c-]c4c3n2)c(C)c1.[Pt]. The summed E-state index contributed by atoms with van der Waals surface area (Å²) in [6.07, 6.45) is 2.16. The summed E-state index contributed by atoms with van der Waals surface area (Å²) < 4.78 is 8.64. The molecule has 1 aliphatic heterocycles. The Hall–Kier alpha value is -4.60. The van der Waals surface area contributed by atoms with Gasteiger partial charge in [-0.15, -0.1) is 36.0 Å². The molecule has 7 aromatic rings. The number of hydrogen-bond acceptors (Lipinski definition) is 4. The van der Waals surface area contributed by atoms with Crippen LogP contribution in [-0.2, 0) is 21.1 Å². The first-order valence-electron chi connectivity index (χ1n) is 15.4. The Morgan fingerprint density at radius 3 is 2.26 bits per heavy atom. The predicted molar refractivity (Wildman–Crippen MR) is 185 cm³/mol. The first-order chi connectivity index (χ1) is 21.9. The summed E-state index contributed by atoms with van der Waals surface area (Å²) in [5.74, 6) is 1.25. The monoisotopic (exact) mass is 780 g/mol. The average molecular weight is 781 g/mol. The molecule has 232 valence electrons. The van der Waals surface area contributed by atoms with Crippen molar-refractivity contribution in [2.24, 2.45) is 0 Å². The normalized spacial score (nSPS) is 12.7. The van der Waals surface area contributed by atoms with E-state index in [1.807, 2.05) is 18.2 Å². The number of aryl methyl sites for hydroxylation is 3. The molecule has 5 nitrogen and oxygen atoms in total. The molecule has 1 aliphatic rings. The number of benzene rings is 5. The number of anilines is 3. The first kappa shape index (κ1) is 30.1. The third-order valence-electron chi connectivity index (χ3n) is 8.68. The zero-order valence-electron chi connectivity index (χ0n) is 26.4. The second-order valence-electron chi connectivity index (χ2n) is 12.2. The van der Waals surface area contributed by atoms with E-state index in [1.165, 1.54) is 27.9 Å². The van der Waals surface area contributed by atoms with Gasteiger partial charge in [0.2, 0.25) is 0 Å². The second-order valence-corrected chi connectivity index (χ2v) is 12.2. The molecule has 0 N–H and O–H groups in total. The standard InChI is InChI=1S/C40H33N4O.Pt/c1-25(2)43-24-44(38-16-9-8-15-37(38)43)29-11-10-12-30(21-29)45-31-17-18-32-33-13-6-7-14-36(33)42-23-35(41-40(42)34(32)22-31)39-27(4)19-26(3)20-28(39)5;/h6-20,23-25H,1-5H3;/q-3;. The molecule has 0 saturated heterocycles. The molecule has 46 heavy (non-hydrogen) atoms. The van der Waals surface area contributed by atoms with Crippen molar-refractivity contribution in [2.45, 2.75) is 40.7 Å². The van der Waals surface area contributed by atoms with Gasteiger partial charge in [0, 0.05) is 61.2 Å². The van der Waals surface area contributed by atoms with Crippen LogP contribution in [0.5, 0.6) is 11.5 Å². The topological polar surface area (TPSA) is 33.0 Å². The van der Waals surface area contributed by atoms with E-state index in [-0.39, 0.29) is 21.1 Å². The van der Waals surface area contributed by atoms with E-state index in [2.05, 4.69) is 147 Å². The quantitative estimate of drug-likeness (QED) is 0.129. The molecule has 0 saturated carbocycles. The second kappa shape index (κ2) is 11.6. The van der Waals surface area contributed by atoms with Crippen molar-refractivity contribution in [2.75, 3.05) is 9.80 Å². The Kier molecular flexibility index (Phi) is 7.61. The fourth-order valence-electron chi connectivity index (χ4n) is 6.78. The molecule has 0 unspecified atom stereocenters. The Bertz CT molecular complexity index is 2250. The molecule has 6 heteroatoms. The van der Waals surface area contributed by atoms with Crippen LogP contribution in [0, 0.1) is 39.6 Å². The third kappa shape index (κ3) is 4.94. The number of ether oxygens (including phenoxy) is 1. The molecule has 0 bridgehead atoms. The molecular weight excluding hydrogens is 748 g/mol. The minimum absolute atomic E-state index is 0. The Morgan fingerprint density at radius 1 is 0.761 bits per heavy atom. The average Bonchev–Trinajstić information content (AvgIpc) is 3.64. The van der Waals surface area contributed by atoms with Crippen molar-refractivity contribution in [3.63, 3.8) is 0 Å². The first-order valence-corrected chi connectivity index (χ1v) is 15.4. The Labute approximate surface area is 284 Å². The molecule has 8 rings (SSSR count). The van der Waals surface area contributed by atoms with Crippen molar-refractivity contribution in [1.82, 2.24) is 9.38 Å². The predicted octanol–water partition coefficient (Wildman–Crippen LogP) is 10.1. The molecule has 3 heterocycles. The van der Waals surface area contributed by atoms with Gasteiger partial charge in [-0.25, -0.2) is 0 Å². The smallest absolute Gasteiger partial charge is 0.0777 e. The van der Waals surface area contributed by atoms with Gasteiger partial charge >= 0.3 is 0 Å². The number of para-hydroxylation sites is 3. The number of pyridine rings is 1. The van der Waals surface area contributed by atoms with Crippen LogP contribution in [0.15, 0.2) is 97.2 Å². The molecule has 0 radical (unpaired) electrons. The zero-order chi connectivity index (χ0) is 30.8. The summed E-state index contributed by atoms with van der Waals surface area (Å²) in [6, 6.07) is 38.9. The minimum atomic E-state index is 0. The van der Waals surface area contributed by atoms with Crippen molar-refractivity contribution in [3.05, 3.63) is 133 Å². The number of rotatable bonds is 5. The van der Waals surface area contributed by atoms with Crippen LogP contribution in [0.4, 0.5) is 17.1 Å². The van der Waals surface area contributed by atoms with E-state index in [9.17, 15) is 0 Å². The van der Waals surface area contributed by atoms with E-state index in [1.54, 1.807) is 0 Å². The largest absolute Gasteiger partial charge is 0.503 e. The fraction of sp³-hybridized carbons (Fsp3) is 0.150. The van der Waals surface area contributed by atoms with E-state index in [4.69, 9.17) is 9.72 Å². The molecule has 0 spiro atoms. The van der Waals surface area contributed by atoms with Crippen LogP contribution < -0.4 is 14.5 Å². The maximum Gasteiger partial charge on any atom is 0.0777 e. The summed E-state index contributed by atoms with van der Waals surface area (Å²) in [7, 11) is 0. The zero-order valence-corrected chi connectivity index (χ0v) is 28.7. The van der Waals surface area contributed by atoms with Crippen molar-refractivity contribution < 1.29 is 25.8 Å². The van der Waals surface area contributed by atoms with Crippen molar-refractivity contribution in [3.8, 4) is 22.8 Å². The summed E-state index contributed by atoms with van der Waals surface area (Å²) in [4.78, 5) is 9.67.